The maximum absolute atomic E-state index is 12.5. The zero-order chi connectivity index (χ0) is 55.0. The Balaban J connectivity index is 3.36. The zero-order valence-corrected chi connectivity index (χ0v) is 51.5. The number of amides is 1. The summed E-state index contributed by atoms with van der Waals surface area (Å²) in [6.07, 6.45) is 82.5. The molecule has 3 N–H and O–H groups in total. The van der Waals surface area contributed by atoms with Gasteiger partial charge in [0, 0.05) is 12.8 Å². The Kier molecular flexibility index (Phi) is 64.4. The summed E-state index contributed by atoms with van der Waals surface area (Å²) in [6, 6.07) is -0.625. The predicted molar refractivity (Wildman–Crippen MR) is 333 cm³/mol. The van der Waals surface area contributed by atoms with E-state index >= 15 is 0 Å². The minimum Gasteiger partial charge on any atom is -0.466 e. The van der Waals surface area contributed by atoms with Crippen molar-refractivity contribution in [3.63, 3.8) is 0 Å². The first-order valence-electron chi connectivity index (χ1n) is 34.6. The van der Waals surface area contributed by atoms with E-state index in [1.807, 2.05) is 6.08 Å². The van der Waals surface area contributed by atoms with Crippen molar-refractivity contribution in [1.29, 1.82) is 0 Å². The third kappa shape index (κ3) is 61.6. The highest BCUT2D eigenvalue weighted by Crippen LogP contribution is 2.19. The molecule has 0 saturated heterocycles. The van der Waals surface area contributed by atoms with Gasteiger partial charge in [-0.2, -0.15) is 0 Å². The molecule has 6 nitrogen and oxygen atoms in total. The second kappa shape index (κ2) is 65.9. The van der Waals surface area contributed by atoms with Crippen molar-refractivity contribution in [3.05, 3.63) is 24.3 Å². The quantitative estimate of drug-likeness (QED) is 0.0320. The maximum Gasteiger partial charge on any atom is 0.305 e. The van der Waals surface area contributed by atoms with Crippen molar-refractivity contribution < 1.29 is 24.5 Å². The first-order chi connectivity index (χ1) is 37.5. The van der Waals surface area contributed by atoms with Crippen LogP contribution < -0.4 is 5.32 Å². The van der Waals surface area contributed by atoms with Gasteiger partial charge in [0.15, 0.2) is 0 Å². The van der Waals surface area contributed by atoms with Crippen molar-refractivity contribution in [2.24, 2.45) is 0 Å². The molecule has 0 spiro atoms. The Morgan fingerprint density at radius 2 is 0.618 bits per heavy atom. The van der Waals surface area contributed by atoms with Crippen LogP contribution in [0.25, 0.3) is 0 Å². The molecule has 2 unspecified atom stereocenters. The highest BCUT2D eigenvalue weighted by molar-refractivity contribution is 5.76. The van der Waals surface area contributed by atoms with Crippen LogP contribution in [0.5, 0.6) is 0 Å². The van der Waals surface area contributed by atoms with Crippen molar-refractivity contribution in [3.8, 4) is 0 Å². The smallest absolute Gasteiger partial charge is 0.305 e. The van der Waals surface area contributed by atoms with E-state index in [4.69, 9.17) is 4.74 Å². The van der Waals surface area contributed by atoms with Gasteiger partial charge in [0.25, 0.3) is 0 Å². The molecule has 0 aliphatic heterocycles. The lowest BCUT2D eigenvalue weighted by atomic mass is 10.0. The molecule has 6 heteroatoms. The van der Waals surface area contributed by atoms with E-state index in [1.54, 1.807) is 6.08 Å². The fourth-order valence-electron chi connectivity index (χ4n) is 10.9. The van der Waals surface area contributed by atoms with Gasteiger partial charge in [-0.05, 0) is 57.8 Å². The Labute approximate surface area is 475 Å². The Bertz CT molecular complexity index is 1190. The number of allylic oxidation sites excluding steroid dienone is 3. The number of unbranched alkanes of at least 4 members (excludes halogenated alkanes) is 52. The molecule has 0 saturated carbocycles. The van der Waals surface area contributed by atoms with Crippen molar-refractivity contribution >= 4 is 11.9 Å². The van der Waals surface area contributed by atoms with E-state index in [0.29, 0.717) is 19.4 Å². The number of aliphatic hydroxyl groups excluding tert-OH is 2. The number of carbonyl (C=O) groups excluding carboxylic acids is 2. The summed E-state index contributed by atoms with van der Waals surface area (Å²) in [4.78, 5) is 24.6. The number of nitrogens with one attached hydrogen (secondary N) is 1. The highest BCUT2D eigenvalue weighted by Gasteiger charge is 2.18. The lowest BCUT2D eigenvalue weighted by Crippen LogP contribution is -2.45. The third-order valence-corrected chi connectivity index (χ3v) is 16.2. The normalized spacial score (nSPS) is 12.6. The highest BCUT2D eigenvalue weighted by atomic mass is 16.5. The summed E-state index contributed by atoms with van der Waals surface area (Å²) in [5.41, 5.74) is 0. The maximum atomic E-state index is 12.5. The minimum atomic E-state index is -0.842. The van der Waals surface area contributed by atoms with Crippen LogP contribution in [0.4, 0.5) is 0 Å². The molecule has 2 atom stereocenters. The molecule has 1 amide bonds. The number of aliphatic hydroxyl groups is 2. The average Bonchev–Trinajstić information content (AvgIpc) is 3.42. The lowest BCUT2D eigenvalue weighted by Gasteiger charge is -2.20. The van der Waals surface area contributed by atoms with Gasteiger partial charge in [-0.25, -0.2) is 0 Å². The Morgan fingerprint density at radius 3 is 0.934 bits per heavy atom. The van der Waals surface area contributed by atoms with Gasteiger partial charge >= 0.3 is 5.97 Å². The number of esters is 1. The van der Waals surface area contributed by atoms with Crippen LogP contribution in [0.1, 0.15) is 386 Å². The number of ether oxygens (including phenoxy) is 1. The number of carbonyl (C=O) groups is 2. The van der Waals surface area contributed by atoms with Gasteiger partial charge in [0.2, 0.25) is 5.91 Å². The molecular weight excluding hydrogens is 935 g/mol. The summed E-state index contributed by atoms with van der Waals surface area (Å²) in [6.45, 7) is 4.93. The number of hydrogen-bond acceptors (Lipinski definition) is 5. The summed E-state index contributed by atoms with van der Waals surface area (Å²) < 4.78 is 5.50. The molecule has 76 heavy (non-hydrogen) atoms. The summed E-state index contributed by atoms with van der Waals surface area (Å²) in [5, 5.41) is 23.2. The molecule has 0 aromatic rings. The lowest BCUT2D eigenvalue weighted by molar-refractivity contribution is -0.143. The Hall–Kier alpha value is -1.66. The van der Waals surface area contributed by atoms with E-state index in [-0.39, 0.29) is 18.5 Å². The monoisotopic (exact) mass is 1070 g/mol. The molecule has 0 aliphatic carbocycles. The average molecular weight is 1070 g/mol. The molecular formula is C70H135NO5. The number of rotatable bonds is 65. The van der Waals surface area contributed by atoms with E-state index in [2.05, 4.69) is 31.3 Å². The SMILES string of the molecule is CCCCCCCCC/C=C\CCCCCCCC(=O)OCCCCCCCCCCCCCCCCCCCCCCCCCCCCCC(=O)NC(CO)C(O)/C=C/CCCCCCCCCCCCCCCC. The van der Waals surface area contributed by atoms with Crippen LogP contribution in [0.15, 0.2) is 24.3 Å². The van der Waals surface area contributed by atoms with Crippen LogP contribution in [-0.2, 0) is 14.3 Å². The van der Waals surface area contributed by atoms with Crippen molar-refractivity contribution in [2.75, 3.05) is 13.2 Å². The molecule has 0 radical (unpaired) electrons. The zero-order valence-electron chi connectivity index (χ0n) is 51.5. The molecule has 450 valence electrons. The molecule has 0 fully saturated rings. The van der Waals surface area contributed by atoms with E-state index in [0.717, 1.165) is 44.9 Å². The van der Waals surface area contributed by atoms with Crippen molar-refractivity contribution in [1.82, 2.24) is 5.32 Å². The van der Waals surface area contributed by atoms with Crippen LogP contribution in [0.3, 0.4) is 0 Å². The molecule has 0 aromatic heterocycles. The van der Waals surface area contributed by atoms with E-state index in [1.165, 1.54) is 315 Å². The van der Waals surface area contributed by atoms with Gasteiger partial charge in [-0.15, -0.1) is 0 Å². The molecule has 0 aliphatic rings. The van der Waals surface area contributed by atoms with Crippen LogP contribution >= 0.6 is 0 Å². The summed E-state index contributed by atoms with van der Waals surface area (Å²) >= 11 is 0. The predicted octanol–water partition coefficient (Wildman–Crippen LogP) is 22.1. The molecule has 0 rings (SSSR count). The van der Waals surface area contributed by atoms with Crippen LogP contribution in [-0.4, -0.2) is 47.4 Å². The first-order valence-corrected chi connectivity index (χ1v) is 34.6. The first kappa shape index (κ1) is 74.3. The van der Waals surface area contributed by atoms with E-state index in [9.17, 15) is 19.8 Å². The van der Waals surface area contributed by atoms with Gasteiger partial charge in [0.05, 0.1) is 25.4 Å². The van der Waals surface area contributed by atoms with E-state index < -0.39 is 12.1 Å². The van der Waals surface area contributed by atoms with Crippen LogP contribution in [0, 0.1) is 0 Å². The van der Waals surface area contributed by atoms with Gasteiger partial charge in [-0.1, -0.05) is 340 Å². The summed E-state index contributed by atoms with van der Waals surface area (Å²) in [5.74, 6) is -0.0517. The summed E-state index contributed by atoms with van der Waals surface area (Å²) in [7, 11) is 0. The topological polar surface area (TPSA) is 95.9 Å². The Morgan fingerprint density at radius 1 is 0.355 bits per heavy atom. The number of hydrogen-bond donors (Lipinski definition) is 3. The fraction of sp³-hybridized carbons (Fsp3) is 0.914. The standard InChI is InChI=1S/C70H135NO5/c1-3-5-7-9-11-13-15-17-19-34-38-42-46-50-54-58-62-68(73)67(66-72)71-69(74)63-59-55-51-47-43-39-35-32-30-28-26-24-22-21-23-25-27-29-31-33-37-41-45-49-53-57-61-65-76-70(75)64-60-56-52-48-44-40-36-20-18-16-14-12-10-8-6-4-2/h20,36,58,62,67-68,72-73H,3-19,21-35,37-57,59-61,63-66H2,1-2H3,(H,71,74)/b36-20-,62-58+. The minimum absolute atomic E-state index is 0.0109. The molecule has 0 heterocycles. The third-order valence-electron chi connectivity index (χ3n) is 16.2. The van der Waals surface area contributed by atoms with Gasteiger partial charge in [0.1, 0.15) is 0 Å². The largest absolute Gasteiger partial charge is 0.466 e. The van der Waals surface area contributed by atoms with Gasteiger partial charge < -0.3 is 20.3 Å². The molecule has 0 bridgehead atoms. The fourth-order valence-corrected chi connectivity index (χ4v) is 10.9. The van der Waals surface area contributed by atoms with Crippen molar-refractivity contribution in [2.45, 2.75) is 398 Å². The molecule has 0 aromatic carbocycles. The van der Waals surface area contributed by atoms with Gasteiger partial charge in [-0.3, -0.25) is 9.59 Å². The second-order valence-corrected chi connectivity index (χ2v) is 23.9. The van der Waals surface area contributed by atoms with Crippen LogP contribution in [0.2, 0.25) is 0 Å². The second-order valence-electron chi connectivity index (χ2n) is 23.9.